The predicted molar refractivity (Wildman–Crippen MR) is 64.6 cm³/mol. The van der Waals surface area contributed by atoms with Crippen LogP contribution in [-0.4, -0.2) is 17.5 Å². The first-order valence-corrected chi connectivity index (χ1v) is 7.05. The number of allylic oxidation sites excluding steroid dienone is 1. The molecule has 2 rings (SSSR count). The summed E-state index contributed by atoms with van der Waals surface area (Å²) in [5.41, 5.74) is 7.91. The lowest BCUT2D eigenvalue weighted by Crippen LogP contribution is -2.32. The molecule has 0 aromatic carbocycles. The average molecular weight is 211 g/mol. The first-order valence-electron chi connectivity index (χ1n) is 5.90. The predicted octanol–water partition coefficient (Wildman–Crippen LogP) is 2.96. The fourth-order valence-electron chi connectivity index (χ4n) is 2.48. The lowest BCUT2D eigenvalue weighted by Gasteiger charge is -2.21. The normalized spacial score (nSPS) is 30.9. The second kappa shape index (κ2) is 5.22. The molecule has 2 heteroatoms. The monoisotopic (exact) mass is 211 g/mol. The van der Waals surface area contributed by atoms with Crippen LogP contribution in [0.3, 0.4) is 0 Å². The summed E-state index contributed by atoms with van der Waals surface area (Å²) in [6, 6.07) is 0.378. The van der Waals surface area contributed by atoms with E-state index in [0.29, 0.717) is 6.04 Å². The standard InChI is InChI=1S/C12H21NS/c13-12(11-7-8-14-9-11)10-5-3-1-2-4-6-10/h5,11-12H,1-4,6-9,13H2. The van der Waals surface area contributed by atoms with Gasteiger partial charge in [-0.25, -0.2) is 0 Å². The minimum absolute atomic E-state index is 0.378. The van der Waals surface area contributed by atoms with E-state index in [1.807, 2.05) is 0 Å². The quantitative estimate of drug-likeness (QED) is 0.711. The Morgan fingerprint density at radius 2 is 2.29 bits per heavy atom. The molecule has 1 heterocycles. The molecule has 0 amide bonds. The van der Waals surface area contributed by atoms with Gasteiger partial charge in [0.25, 0.3) is 0 Å². The van der Waals surface area contributed by atoms with Gasteiger partial charge in [0.1, 0.15) is 0 Å². The molecule has 1 aliphatic heterocycles. The lowest BCUT2D eigenvalue weighted by molar-refractivity contribution is 0.499. The zero-order valence-electron chi connectivity index (χ0n) is 8.87. The maximum Gasteiger partial charge on any atom is 0.0290 e. The third-order valence-electron chi connectivity index (χ3n) is 3.48. The first kappa shape index (κ1) is 10.6. The molecular formula is C12H21NS. The largest absolute Gasteiger partial charge is 0.324 e. The second-order valence-electron chi connectivity index (χ2n) is 4.53. The highest BCUT2D eigenvalue weighted by molar-refractivity contribution is 7.99. The molecule has 0 aromatic rings. The van der Waals surface area contributed by atoms with Gasteiger partial charge in [0.05, 0.1) is 0 Å². The highest BCUT2D eigenvalue weighted by atomic mass is 32.2. The molecule has 2 aliphatic rings. The molecule has 2 unspecified atom stereocenters. The molecule has 0 spiro atoms. The van der Waals surface area contributed by atoms with Gasteiger partial charge in [-0.2, -0.15) is 11.8 Å². The van der Waals surface area contributed by atoms with E-state index in [1.165, 1.54) is 50.0 Å². The summed E-state index contributed by atoms with van der Waals surface area (Å²) >= 11 is 2.07. The summed E-state index contributed by atoms with van der Waals surface area (Å²) < 4.78 is 0. The van der Waals surface area contributed by atoms with Gasteiger partial charge in [0.15, 0.2) is 0 Å². The van der Waals surface area contributed by atoms with Gasteiger partial charge in [-0.05, 0) is 49.5 Å². The van der Waals surface area contributed by atoms with Crippen molar-refractivity contribution in [3.8, 4) is 0 Å². The maximum atomic E-state index is 6.34. The summed E-state index contributed by atoms with van der Waals surface area (Å²) in [5, 5.41) is 0. The van der Waals surface area contributed by atoms with Crippen molar-refractivity contribution in [3.05, 3.63) is 11.6 Å². The van der Waals surface area contributed by atoms with Crippen LogP contribution < -0.4 is 5.73 Å². The lowest BCUT2D eigenvalue weighted by atomic mass is 9.90. The van der Waals surface area contributed by atoms with Gasteiger partial charge < -0.3 is 5.73 Å². The molecule has 80 valence electrons. The van der Waals surface area contributed by atoms with E-state index in [1.54, 1.807) is 5.57 Å². The van der Waals surface area contributed by atoms with Crippen LogP contribution in [0, 0.1) is 5.92 Å². The topological polar surface area (TPSA) is 26.0 Å². The summed E-state index contributed by atoms with van der Waals surface area (Å²) in [6.45, 7) is 0. The molecule has 14 heavy (non-hydrogen) atoms. The minimum Gasteiger partial charge on any atom is -0.324 e. The number of hydrogen-bond donors (Lipinski definition) is 1. The highest BCUT2D eigenvalue weighted by Crippen LogP contribution is 2.30. The Labute approximate surface area is 91.5 Å². The van der Waals surface area contributed by atoms with Crippen molar-refractivity contribution in [2.75, 3.05) is 11.5 Å². The highest BCUT2D eigenvalue weighted by Gasteiger charge is 2.25. The van der Waals surface area contributed by atoms with Crippen LogP contribution in [-0.2, 0) is 0 Å². The molecule has 1 nitrogen and oxygen atoms in total. The van der Waals surface area contributed by atoms with Crippen LogP contribution in [0.25, 0.3) is 0 Å². The summed E-state index contributed by atoms with van der Waals surface area (Å²) in [4.78, 5) is 0. The van der Waals surface area contributed by atoms with E-state index in [4.69, 9.17) is 5.73 Å². The van der Waals surface area contributed by atoms with E-state index in [-0.39, 0.29) is 0 Å². The van der Waals surface area contributed by atoms with Crippen LogP contribution >= 0.6 is 11.8 Å². The zero-order valence-corrected chi connectivity index (χ0v) is 9.69. The van der Waals surface area contributed by atoms with Crippen LogP contribution in [0.4, 0.5) is 0 Å². The van der Waals surface area contributed by atoms with Crippen molar-refractivity contribution in [2.45, 2.75) is 44.6 Å². The molecule has 1 fully saturated rings. The fourth-order valence-corrected chi connectivity index (χ4v) is 3.79. The smallest absolute Gasteiger partial charge is 0.0290 e. The van der Waals surface area contributed by atoms with Crippen molar-refractivity contribution in [1.29, 1.82) is 0 Å². The first-order chi connectivity index (χ1) is 6.88. The molecule has 2 atom stereocenters. The Bertz CT molecular complexity index is 206. The van der Waals surface area contributed by atoms with Gasteiger partial charge in [0.2, 0.25) is 0 Å². The van der Waals surface area contributed by atoms with Gasteiger partial charge in [-0.3, -0.25) is 0 Å². The van der Waals surface area contributed by atoms with E-state index in [2.05, 4.69) is 17.8 Å². The van der Waals surface area contributed by atoms with E-state index in [0.717, 1.165) is 5.92 Å². The van der Waals surface area contributed by atoms with Crippen molar-refractivity contribution in [2.24, 2.45) is 11.7 Å². The number of rotatable bonds is 2. The van der Waals surface area contributed by atoms with E-state index >= 15 is 0 Å². The van der Waals surface area contributed by atoms with Crippen molar-refractivity contribution < 1.29 is 0 Å². The van der Waals surface area contributed by atoms with Crippen LogP contribution in [0.1, 0.15) is 38.5 Å². The number of thioether (sulfide) groups is 1. The third kappa shape index (κ3) is 2.54. The van der Waals surface area contributed by atoms with E-state index in [9.17, 15) is 0 Å². The van der Waals surface area contributed by atoms with Crippen LogP contribution in [0.15, 0.2) is 11.6 Å². The molecule has 1 aliphatic carbocycles. The zero-order chi connectivity index (χ0) is 9.80. The Morgan fingerprint density at radius 1 is 1.36 bits per heavy atom. The molecule has 0 bridgehead atoms. The Kier molecular flexibility index (Phi) is 3.94. The van der Waals surface area contributed by atoms with Crippen molar-refractivity contribution >= 4 is 11.8 Å². The van der Waals surface area contributed by atoms with E-state index < -0.39 is 0 Å². The molecule has 0 saturated carbocycles. The Morgan fingerprint density at radius 3 is 3.07 bits per heavy atom. The summed E-state index contributed by atoms with van der Waals surface area (Å²) in [6.07, 6.45) is 10.4. The van der Waals surface area contributed by atoms with Crippen molar-refractivity contribution in [3.63, 3.8) is 0 Å². The Hall–Kier alpha value is 0.0500. The van der Waals surface area contributed by atoms with Crippen molar-refractivity contribution in [1.82, 2.24) is 0 Å². The molecule has 0 aromatic heterocycles. The van der Waals surface area contributed by atoms with Crippen LogP contribution in [0.2, 0.25) is 0 Å². The molecule has 2 N–H and O–H groups in total. The Balaban J connectivity index is 1.94. The maximum absolute atomic E-state index is 6.34. The van der Waals surface area contributed by atoms with Gasteiger partial charge >= 0.3 is 0 Å². The SMILES string of the molecule is NC(C1=CCCCCC1)C1CCSC1. The summed E-state index contributed by atoms with van der Waals surface area (Å²) in [7, 11) is 0. The average Bonchev–Trinajstić information content (AvgIpc) is 2.59. The number of nitrogens with two attached hydrogens (primary N) is 1. The molecular weight excluding hydrogens is 190 g/mol. The summed E-state index contributed by atoms with van der Waals surface area (Å²) in [5.74, 6) is 3.38. The fraction of sp³-hybridized carbons (Fsp3) is 0.833. The minimum atomic E-state index is 0.378. The van der Waals surface area contributed by atoms with Gasteiger partial charge in [0, 0.05) is 6.04 Å². The van der Waals surface area contributed by atoms with Gasteiger partial charge in [-0.15, -0.1) is 0 Å². The second-order valence-corrected chi connectivity index (χ2v) is 5.68. The van der Waals surface area contributed by atoms with Gasteiger partial charge in [-0.1, -0.05) is 18.1 Å². The third-order valence-corrected chi connectivity index (χ3v) is 4.67. The number of hydrogen-bond acceptors (Lipinski definition) is 2. The molecule has 0 radical (unpaired) electrons. The van der Waals surface area contributed by atoms with Crippen LogP contribution in [0.5, 0.6) is 0 Å². The molecule has 1 saturated heterocycles.